The summed E-state index contributed by atoms with van der Waals surface area (Å²) in [6.07, 6.45) is 49.5. The average Bonchev–Trinajstić information content (AvgIpc) is 3.24. The van der Waals surface area contributed by atoms with Gasteiger partial charge in [-0.1, -0.05) is 266 Å². The predicted octanol–water partition coefficient (Wildman–Crippen LogP) is 17.7. The molecule has 0 N–H and O–H groups in total. The molecule has 0 bridgehead atoms. The highest BCUT2D eigenvalue weighted by Gasteiger charge is 2.19. The normalized spacial score (nSPS) is 12.5. The van der Waals surface area contributed by atoms with Crippen molar-refractivity contribution in [1.82, 2.24) is 0 Å². The van der Waals surface area contributed by atoms with Gasteiger partial charge in [-0.15, -0.1) is 0 Å². The van der Waals surface area contributed by atoms with Gasteiger partial charge in [-0.05, 0) is 31.1 Å². The number of ether oxygens (including phenoxy) is 3. The lowest BCUT2D eigenvalue weighted by Gasteiger charge is -2.18. The van der Waals surface area contributed by atoms with E-state index in [9.17, 15) is 14.4 Å². The van der Waals surface area contributed by atoms with Gasteiger partial charge in [0.05, 0.1) is 0 Å². The number of carbonyl (C=O) groups excluding carboxylic acids is 3. The fourth-order valence-electron chi connectivity index (χ4n) is 8.31. The molecule has 0 aliphatic carbocycles. The lowest BCUT2D eigenvalue weighted by atomic mass is 9.99. The largest absolute Gasteiger partial charge is 0.462 e. The van der Waals surface area contributed by atoms with Gasteiger partial charge in [0.15, 0.2) is 6.10 Å². The van der Waals surface area contributed by atoms with Crippen LogP contribution in [-0.2, 0) is 28.6 Å². The fraction of sp³-hybridized carbons (Fsp3) is 0.945. The molecule has 0 saturated heterocycles. The molecule has 6 heteroatoms. The van der Waals surface area contributed by atoms with Crippen molar-refractivity contribution in [2.75, 3.05) is 13.2 Å². The van der Waals surface area contributed by atoms with Crippen LogP contribution in [0.5, 0.6) is 0 Å². The van der Waals surface area contributed by atoms with Crippen LogP contribution in [0.3, 0.4) is 0 Å². The van der Waals surface area contributed by atoms with Crippen LogP contribution in [0.4, 0.5) is 0 Å². The quantitative estimate of drug-likeness (QED) is 0.0344. The van der Waals surface area contributed by atoms with Gasteiger partial charge in [0.25, 0.3) is 0 Å². The summed E-state index contributed by atoms with van der Waals surface area (Å²) in [7, 11) is 0. The molecule has 1 unspecified atom stereocenters. The Hall–Kier alpha value is -1.59. The Morgan fingerprint density at radius 1 is 0.344 bits per heavy atom. The Morgan fingerprint density at radius 3 is 0.934 bits per heavy atom. The molecule has 6 nitrogen and oxygen atoms in total. The molecular weight excluding hydrogens is 757 g/mol. The first-order valence-electron chi connectivity index (χ1n) is 27.3. The molecule has 0 amide bonds. The second-order valence-electron chi connectivity index (χ2n) is 19.6. The van der Waals surface area contributed by atoms with Gasteiger partial charge < -0.3 is 14.2 Å². The number of hydrogen-bond acceptors (Lipinski definition) is 6. The zero-order valence-corrected chi connectivity index (χ0v) is 41.8. The molecule has 61 heavy (non-hydrogen) atoms. The third kappa shape index (κ3) is 47.7. The molecule has 0 saturated carbocycles. The predicted molar refractivity (Wildman–Crippen MR) is 261 cm³/mol. The average molecular weight is 863 g/mol. The summed E-state index contributed by atoms with van der Waals surface area (Å²) in [5.74, 6) is 0.815. The van der Waals surface area contributed by atoms with Gasteiger partial charge in [-0.3, -0.25) is 14.4 Å². The maximum atomic E-state index is 12.8. The van der Waals surface area contributed by atoms with Crippen LogP contribution < -0.4 is 0 Å². The molecule has 0 aliphatic heterocycles. The van der Waals surface area contributed by atoms with Crippen molar-refractivity contribution < 1.29 is 28.6 Å². The molecule has 0 heterocycles. The lowest BCUT2D eigenvalue weighted by molar-refractivity contribution is -0.167. The minimum atomic E-state index is -0.762. The zero-order valence-electron chi connectivity index (χ0n) is 41.8. The van der Waals surface area contributed by atoms with Crippen LogP contribution in [0.1, 0.15) is 304 Å². The number of unbranched alkanes of at least 4 members (excludes halogenated alkanes) is 33. The van der Waals surface area contributed by atoms with E-state index in [-0.39, 0.29) is 31.1 Å². The topological polar surface area (TPSA) is 78.9 Å². The molecule has 0 aromatic heterocycles. The minimum Gasteiger partial charge on any atom is -0.462 e. The van der Waals surface area contributed by atoms with E-state index < -0.39 is 6.10 Å². The SMILES string of the molecule is CCCCCCCCCCCCCCCCCCCCC(=O)OC[C@H](COC(=O)CCCCCCCCCCCCC(C)CC)OC(=O)CCCCCCCCCCC(C)C. The molecule has 0 radical (unpaired) electrons. The van der Waals surface area contributed by atoms with Crippen molar-refractivity contribution in [2.45, 2.75) is 310 Å². The Bertz CT molecular complexity index is 933. The van der Waals surface area contributed by atoms with E-state index in [2.05, 4.69) is 34.6 Å². The summed E-state index contributed by atoms with van der Waals surface area (Å²) in [6, 6.07) is 0. The number of carbonyl (C=O) groups is 3. The first kappa shape index (κ1) is 59.4. The second kappa shape index (κ2) is 47.9. The van der Waals surface area contributed by atoms with Crippen molar-refractivity contribution in [2.24, 2.45) is 11.8 Å². The first-order chi connectivity index (χ1) is 29.8. The Labute approximate surface area is 380 Å². The first-order valence-corrected chi connectivity index (χ1v) is 27.3. The van der Waals surface area contributed by atoms with Gasteiger partial charge in [0.2, 0.25) is 0 Å². The number of esters is 3. The van der Waals surface area contributed by atoms with Crippen molar-refractivity contribution in [1.29, 1.82) is 0 Å². The molecule has 0 aliphatic rings. The lowest BCUT2D eigenvalue weighted by Crippen LogP contribution is -2.30. The molecule has 0 fully saturated rings. The van der Waals surface area contributed by atoms with Crippen molar-refractivity contribution >= 4 is 17.9 Å². The molecule has 0 rings (SSSR count). The highest BCUT2D eigenvalue weighted by molar-refractivity contribution is 5.71. The van der Waals surface area contributed by atoms with Crippen molar-refractivity contribution in [3.8, 4) is 0 Å². The van der Waals surface area contributed by atoms with E-state index in [1.54, 1.807) is 0 Å². The Balaban J connectivity index is 4.26. The monoisotopic (exact) mass is 863 g/mol. The summed E-state index contributed by atoms with van der Waals surface area (Å²) in [5.41, 5.74) is 0. The van der Waals surface area contributed by atoms with Gasteiger partial charge in [-0.25, -0.2) is 0 Å². The summed E-state index contributed by atoms with van der Waals surface area (Å²) in [4.78, 5) is 38.0. The van der Waals surface area contributed by atoms with E-state index in [4.69, 9.17) is 14.2 Å². The highest BCUT2D eigenvalue weighted by atomic mass is 16.6. The van der Waals surface area contributed by atoms with Crippen LogP contribution in [0.15, 0.2) is 0 Å². The smallest absolute Gasteiger partial charge is 0.306 e. The van der Waals surface area contributed by atoms with Crippen LogP contribution >= 0.6 is 0 Å². The van der Waals surface area contributed by atoms with Gasteiger partial charge in [0.1, 0.15) is 13.2 Å². The number of rotatable bonds is 49. The van der Waals surface area contributed by atoms with Crippen LogP contribution in [0.25, 0.3) is 0 Å². The number of hydrogen-bond donors (Lipinski definition) is 0. The van der Waals surface area contributed by atoms with Gasteiger partial charge in [-0.2, -0.15) is 0 Å². The van der Waals surface area contributed by atoms with Crippen molar-refractivity contribution in [3.05, 3.63) is 0 Å². The summed E-state index contributed by atoms with van der Waals surface area (Å²) >= 11 is 0. The molecule has 0 aromatic carbocycles. The van der Waals surface area contributed by atoms with Gasteiger partial charge in [0, 0.05) is 19.3 Å². The van der Waals surface area contributed by atoms with E-state index >= 15 is 0 Å². The van der Waals surface area contributed by atoms with E-state index in [0.29, 0.717) is 19.3 Å². The third-order valence-corrected chi connectivity index (χ3v) is 12.8. The Kier molecular flexibility index (Phi) is 46.6. The summed E-state index contributed by atoms with van der Waals surface area (Å²) in [5, 5.41) is 0. The third-order valence-electron chi connectivity index (χ3n) is 12.8. The maximum absolute atomic E-state index is 12.8. The minimum absolute atomic E-state index is 0.0639. The standard InChI is InChI=1S/C55H106O6/c1-6-8-9-10-11-12-13-14-15-16-17-18-19-20-24-30-35-40-45-53(56)59-48-52(61-55(58)47-42-37-32-27-26-28-33-38-43-50(3)4)49-60-54(57)46-41-36-31-25-22-21-23-29-34-39-44-51(5)7-2/h50-52H,6-49H2,1-5H3/t51?,52-/m1/s1. The fourth-order valence-corrected chi connectivity index (χ4v) is 8.31. The van der Waals surface area contributed by atoms with E-state index in [1.165, 1.54) is 193 Å². The molecular formula is C55H106O6. The highest BCUT2D eigenvalue weighted by Crippen LogP contribution is 2.18. The van der Waals surface area contributed by atoms with Crippen LogP contribution in [0, 0.1) is 11.8 Å². The van der Waals surface area contributed by atoms with Crippen molar-refractivity contribution in [3.63, 3.8) is 0 Å². The maximum Gasteiger partial charge on any atom is 0.306 e. The molecule has 0 aromatic rings. The Morgan fingerprint density at radius 2 is 0.623 bits per heavy atom. The summed E-state index contributed by atoms with van der Waals surface area (Å²) in [6.45, 7) is 11.4. The van der Waals surface area contributed by atoms with Gasteiger partial charge >= 0.3 is 17.9 Å². The zero-order chi connectivity index (χ0) is 44.7. The van der Waals surface area contributed by atoms with Crippen LogP contribution in [0.2, 0.25) is 0 Å². The van der Waals surface area contributed by atoms with Crippen LogP contribution in [-0.4, -0.2) is 37.2 Å². The molecule has 2 atom stereocenters. The van der Waals surface area contributed by atoms with E-state index in [1.807, 2.05) is 0 Å². The summed E-state index contributed by atoms with van der Waals surface area (Å²) < 4.78 is 16.8. The molecule has 362 valence electrons. The van der Waals surface area contributed by atoms with E-state index in [0.717, 1.165) is 69.6 Å². The molecule has 0 spiro atoms. The second-order valence-corrected chi connectivity index (χ2v) is 19.6.